The van der Waals surface area contributed by atoms with Gasteiger partial charge in [0, 0.05) is 43.7 Å². The van der Waals surface area contributed by atoms with Gasteiger partial charge in [-0.25, -0.2) is 4.98 Å². The molecule has 1 unspecified atom stereocenters. The molecule has 2 bridgehead atoms. The van der Waals surface area contributed by atoms with Crippen molar-refractivity contribution >= 4 is 11.8 Å². The first-order chi connectivity index (χ1) is 18.1. The summed E-state index contributed by atoms with van der Waals surface area (Å²) in [6.45, 7) is 0. The van der Waals surface area contributed by atoms with Crippen molar-refractivity contribution < 1.29 is 32.2 Å². The summed E-state index contributed by atoms with van der Waals surface area (Å²) in [5.74, 6) is -0.587. The molecule has 2 aliphatic heterocycles. The van der Waals surface area contributed by atoms with Crippen LogP contribution in [0.25, 0.3) is 11.3 Å². The number of nitrogens with two attached hydrogens (primary N) is 1. The number of imidazole rings is 1. The summed E-state index contributed by atoms with van der Waals surface area (Å²) in [6, 6.07) is 10.6. The van der Waals surface area contributed by atoms with Gasteiger partial charge in [-0.1, -0.05) is 12.1 Å². The third-order valence-corrected chi connectivity index (χ3v) is 7.03. The summed E-state index contributed by atoms with van der Waals surface area (Å²) < 4.78 is 49.1. The Morgan fingerprint density at radius 3 is 2.34 bits per heavy atom. The Labute approximate surface area is 217 Å². The van der Waals surface area contributed by atoms with Crippen molar-refractivity contribution in [3.05, 3.63) is 66.1 Å². The van der Waals surface area contributed by atoms with Crippen molar-refractivity contribution in [2.75, 3.05) is 0 Å². The SMILES string of the molecule is Cn1cnc(-c2ccc(OC3C[C@H]4CC[C@@H](C3)N4C(=O)Cc3ccc(OC(F)(F)F)cc3)c(C(N)=O)c2)c1. The van der Waals surface area contributed by atoms with Gasteiger partial charge in [0.25, 0.3) is 5.91 Å². The van der Waals surface area contributed by atoms with E-state index in [2.05, 4.69) is 9.72 Å². The fourth-order valence-electron chi connectivity index (χ4n) is 5.43. The van der Waals surface area contributed by atoms with Crippen LogP contribution in [0.3, 0.4) is 0 Å². The molecular weight excluding hydrogens is 501 g/mol. The zero-order chi connectivity index (χ0) is 27.0. The molecule has 2 amide bonds. The number of carbonyl (C=O) groups excluding carboxylic acids is 2. The van der Waals surface area contributed by atoms with Gasteiger partial charge in [-0.2, -0.15) is 0 Å². The summed E-state index contributed by atoms with van der Waals surface area (Å²) in [4.78, 5) is 31.5. The Bertz CT molecular complexity index is 1320. The van der Waals surface area contributed by atoms with Gasteiger partial charge in [0.15, 0.2) is 0 Å². The van der Waals surface area contributed by atoms with Gasteiger partial charge in [-0.3, -0.25) is 9.59 Å². The van der Waals surface area contributed by atoms with Crippen LogP contribution in [0.4, 0.5) is 13.2 Å². The maximum absolute atomic E-state index is 13.1. The standard InChI is InChI=1S/C27H27F3N4O4/c1-33-14-23(32-15-33)17-4-9-24(22(11-17)26(31)36)37-21-12-18-5-6-19(13-21)34(18)25(35)10-16-2-7-20(8-3-16)38-27(28,29)30/h2-4,7-9,11,14-15,18-19,21H,5-6,10,12-13H2,1H3,(H2,31,36)/t18-,19+,21?. The average molecular weight is 529 g/mol. The lowest BCUT2D eigenvalue weighted by molar-refractivity contribution is -0.274. The van der Waals surface area contributed by atoms with E-state index in [1.165, 1.54) is 24.3 Å². The molecular formula is C27H27F3N4O4. The Balaban J connectivity index is 1.23. The van der Waals surface area contributed by atoms with Crippen LogP contribution in [0, 0.1) is 0 Å². The van der Waals surface area contributed by atoms with Crippen molar-refractivity contribution in [2.45, 2.75) is 56.7 Å². The molecule has 11 heteroatoms. The van der Waals surface area contributed by atoms with Crippen LogP contribution in [-0.4, -0.2) is 50.8 Å². The van der Waals surface area contributed by atoms with E-state index in [-0.39, 0.29) is 41.8 Å². The Morgan fingerprint density at radius 1 is 1.08 bits per heavy atom. The van der Waals surface area contributed by atoms with Crippen LogP contribution in [0.2, 0.25) is 0 Å². The van der Waals surface area contributed by atoms with Gasteiger partial charge in [-0.05, 0) is 48.7 Å². The number of halogens is 3. The fraction of sp³-hybridized carbons (Fsp3) is 0.370. The van der Waals surface area contributed by atoms with Gasteiger partial charge in [0.05, 0.1) is 24.0 Å². The third kappa shape index (κ3) is 5.61. The molecule has 0 saturated carbocycles. The van der Waals surface area contributed by atoms with Crippen LogP contribution < -0.4 is 15.2 Å². The third-order valence-electron chi connectivity index (χ3n) is 7.03. The van der Waals surface area contributed by atoms with Gasteiger partial charge in [0.1, 0.15) is 17.6 Å². The minimum absolute atomic E-state index is 0.0103. The summed E-state index contributed by atoms with van der Waals surface area (Å²) in [5.41, 5.74) is 8.01. The number of nitrogens with zero attached hydrogens (tertiary/aromatic N) is 3. The first-order valence-electron chi connectivity index (χ1n) is 12.3. The highest BCUT2D eigenvalue weighted by Crippen LogP contribution is 2.38. The predicted octanol–water partition coefficient (Wildman–Crippen LogP) is 4.23. The van der Waals surface area contributed by atoms with Gasteiger partial charge < -0.3 is 24.7 Å². The predicted molar refractivity (Wildman–Crippen MR) is 131 cm³/mol. The van der Waals surface area contributed by atoms with E-state index >= 15 is 0 Å². The molecule has 38 heavy (non-hydrogen) atoms. The molecule has 2 N–H and O–H groups in total. The summed E-state index contributed by atoms with van der Waals surface area (Å²) >= 11 is 0. The summed E-state index contributed by atoms with van der Waals surface area (Å²) in [7, 11) is 1.86. The molecule has 2 saturated heterocycles. The molecule has 0 radical (unpaired) electrons. The van der Waals surface area contributed by atoms with Crippen molar-refractivity contribution in [3.63, 3.8) is 0 Å². The lowest BCUT2D eigenvalue weighted by Gasteiger charge is -2.39. The molecule has 3 atom stereocenters. The number of fused-ring (bicyclic) bond motifs is 2. The number of carbonyl (C=O) groups is 2. The van der Waals surface area contributed by atoms with Gasteiger partial charge in [-0.15, -0.1) is 13.2 Å². The molecule has 3 heterocycles. The molecule has 200 valence electrons. The van der Waals surface area contributed by atoms with E-state index < -0.39 is 12.3 Å². The Hall–Kier alpha value is -4.02. The molecule has 2 aliphatic rings. The number of benzene rings is 2. The maximum atomic E-state index is 13.1. The first-order valence-corrected chi connectivity index (χ1v) is 12.3. The van der Waals surface area contributed by atoms with Crippen LogP contribution >= 0.6 is 0 Å². The quantitative estimate of drug-likeness (QED) is 0.495. The van der Waals surface area contributed by atoms with E-state index in [0.29, 0.717) is 29.8 Å². The second-order valence-electron chi connectivity index (χ2n) is 9.77. The topological polar surface area (TPSA) is 99.7 Å². The van der Waals surface area contributed by atoms with Crippen molar-refractivity contribution in [3.8, 4) is 22.8 Å². The van der Waals surface area contributed by atoms with E-state index in [4.69, 9.17) is 10.5 Å². The number of hydrogen-bond acceptors (Lipinski definition) is 5. The smallest absolute Gasteiger partial charge is 0.489 e. The lowest BCUT2D eigenvalue weighted by Crippen LogP contribution is -2.49. The van der Waals surface area contributed by atoms with Crippen LogP contribution in [0.15, 0.2) is 55.0 Å². The molecule has 2 aromatic carbocycles. The number of hydrogen-bond donors (Lipinski definition) is 1. The second-order valence-corrected chi connectivity index (χ2v) is 9.77. The van der Waals surface area contributed by atoms with Gasteiger partial charge in [0.2, 0.25) is 5.91 Å². The molecule has 1 aromatic heterocycles. The number of amides is 2. The lowest BCUT2D eigenvalue weighted by atomic mass is 9.98. The zero-order valence-corrected chi connectivity index (χ0v) is 20.6. The number of aryl methyl sites for hydroxylation is 1. The monoisotopic (exact) mass is 528 g/mol. The normalized spacial score (nSPS) is 20.8. The summed E-state index contributed by atoms with van der Waals surface area (Å²) in [5, 5.41) is 0. The highest BCUT2D eigenvalue weighted by molar-refractivity contribution is 5.97. The number of alkyl halides is 3. The van der Waals surface area contributed by atoms with Crippen molar-refractivity contribution in [2.24, 2.45) is 12.8 Å². The average Bonchev–Trinajstić information content (AvgIpc) is 3.40. The first kappa shape index (κ1) is 25.6. The van der Waals surface area contributed by atoms with E-state index in [1.54, 1.807) is 18.5 Å². The maximum Gasteiger partial charge on any atom is 0.573 e. The second kappa shape index (κ2) is 10.0. The summed E-state index contributed by atoms with van der Waals surface area (Å²) in [6.07, 6.45) is 1.57. The number of aromatic nitrogens is 2. The molecule has 0 aliphatic carbocycles. The van der Waals surface area contributed by atoms with E-state index in [1.807, 2.05) is 28.8 Å². The molecule has 5 rings (SSSR count). The largest absolute Gasteiger partial charge is 0.573 e. The van der Waals surface area contributed by atoms with Crippen molar-refractivity contribution in [1.29, 1.82) is 0 Å². The zero-order valence-electron chi connectivity index (χ0n) is 20.6. The number of ether oxygens (including phenoxy) is 2. The Morgan fingerprint density at radius 2 is 1.76 bits per heavy atom. The molecule has 3 aromatic rings. The highest BCUT2D eigenvalue weighted by atomic mass is 19.4. The van der Waals surface area contributed by atoms with Crippen molar-refractivity contribution in [1.82, 2.24) is 14.5 Å². The Kier molecular flexibility index (Phi) is 6.77. The van der Waals surface area contributed by atoms with Gasteiger partial charge >= 0.3 is 6.36 Å². The fourth-order valence-corrected chi connectivity index (χ4v) is 5.43. The number of rotatable bonds is 7. The van der Waals surface area contributed by atoms with Crippen LogP contribution in [0.1, 0.15) is 41.6 Å². The number of piperidine rings is 1. The van der Waals surface area contributed by atoms with Crippen LogP contribution in [-0.2, 0) is 18.3 Å². The number of primary amides is 1. The van der Waals surface area contributed by atoms with Crippen LogP contribution in [0.5, 0.6) is 11.5 Å². The molecule has 0 spiro atoms. The highest BCUT2D eigenvalue weighted by Gasteiger charge is 2.44. The minimum atomic E-state index is -4.76. The van der Waals surface area contributed by atoms with E-state index in [0.717, 1.165) is 18.4 Å². The molecule has 8 nitrogen and oxygen atoms in total. The minimum Gasteiger partial charge on any atom is -0.489 e. The molecule has 2 fully saturated rings. The van der Waals surface area contributed by atoms with E-state index in [9.17, 15) is 22.8 Å².